The first-order chi connectivity index (χ1) is 11.1. The van der Waals surface area contributed by atoms with Gasteiger partial charge in [-0.15, -0.1) is 0 Å². The van der Waals surface area contributed by atoms with Crippen LogP contribution in [-0.2, 0) is 6.42 Å². The predicted octanol–water partition coefficient (Wildman–Crippen LogP) is 4.26. The van der Waals surface area contributed by atoms with Crippen molar-refractivity contribution < 1.29 is 4.79 Å². The second-order valence-electron chi connectivity index (χ2n) is 5.69. The Hall–Kier alpha value is -2.36. The largest absolute Gasteiger partial charge is 0.354 e. The lowest BCUT2D eigenvalue weighted by Gasteiger charge is -2.16. The van der Waals surface area contributed by atoms with Crippen LogP contribution < -0.4 is 5.32 Å². The fraction of sp³-hybridized carbons (Fsp3) is 0.368. The van der Waals surface area contributed by atoms with Crippen molar-refractivity contribution in [2.75, 3.05) is 18.9 Å². The number of nitrogens with one attached hydrogen (secondary N) is 1. The molecular formula is C19H25N3O. The second-order valence-corrected chi connectivity index (χ2v) is 5.69. The summed E-state index contributed by atoms with van der Waals surface area (Å²) < 4.78 is 0. The summed E-state index contributed by atoms with van der Waals surface area (Å²) in [5.41, 5.74) is 3.69. The number of unbranched alkanes of at least 4 members (excludes halogenated alkanes) is 1. The van der Waals surface area contributed by atoms with Gasteiger partial charge in [0.15, 0.2) is 0 Å². The van der Waals surface area contributed by atoms with Gasteiger partial charge in [-0.3, -0.25) is 4.79 Å². The third-order valence-corrected chi connectivity index (χ3v) is 3.83. The number of amides is 1. The van der Waals surface area contributed by atoms with Crippen molar-refractivity contribution >= 4 is 17.3 Å². The van der Waals surface area contributed by atoms with Gasteiger partial charge in [0.25, 0.3) is 5.91 Å². The average Bonchev–Trinajstić information content (AvgIpc) is 2.60. The Balaban J connectivity index is 1.99. The van der Waals surface area contributed by atoms with E-state index in [0.717, 1.165) is 37.2 Å². The van der Waals surface area contributed by atoms with Crippen LogP contribution in [-0.4, -0.2) is 29.4 Å². The summed E-state index contributed by atoms with van der Waals surface area (Å²) >= 11 is 0. The summed E-state index contributed by atoms with van der Waals surface area (Å²) in [5.74, 6) is -0.0303. The standard InChI is InChI=1S/C19H25N3O/c1-4-6-13-22(3)19(23)18-12-11-17(14-20-18)21-16-9-7-15(5-2)8-10-16/h7-12,14,21H,4-6,13H2,1-3H3. The van der Waals surface area contributed by atoms with Crippen LogP contribution in [0.25, 0.3) is 0 Å². The molecule has 122 valence electrons. The summed E-state index contributed by atoms with van der Waals surface area (Å²) in [7, 11) is 1.82. The molecule has 0 saturated heterocycles. The Morgan fingerprint density at radius 1 is 1.09 bits per heavy atom. The van der Waals surface area contributed by atoms with Gasteiger partial charge < -0.3 is 10.2 Å². The summed E-state index contributed by atoms with van der Waals surface area (Å²) in [6, 6.07) is 12.0. The summed E-state index contributed by atoms with van der Waals surface area (Å²) in [6.07, 6.45) is 4.82. The SMILES string of the molecule is CCCCN(C)C(=O)c1ccc(Nc2ccc(CC)cc2)cn1. The topological polar surface area (TPSA) is 45.2 Å². The molecule has 1 amide bonds. The Morgan fingerprint density at radius 3 is 2.35 bits per heavy atom. The van der Waals surface area contributed by atoms with E-state index < -0.39 is 0 Å². The van der Waals surface area contributed by atoms with E-state index in [1.165, 1.54) is 5.56 Å². The van der Waals surface area contributed by atoms with Crippen LogP contribution in [0.3, 0.4) is 0 Å². The lowest BCUT2D eigenvalue weighted by molar-refractivity contribution is 0.0787. The molecule has 2 rings (SSSR count). The maximum atomic E-state index is 12.2. The van der Waals surface area contributed by atoms with Crippen molar-refractivity contribution in [3.63, 3.8) is 0 Å². The highest BCUT2D eigenvalue weighted by Crippen LogP contribution is 2.17. The van der Waals surface area contributed by atoms with E-state index in [1.54, 1.807) is 17.2 Å². The molecule has 0 aliphatic rings. The highest BCUT2D eigenvalue weighted by Gasteiger charge is 2.12. The molecule has 23 heavy (non-hydrogen) atoms. The molecule has 1 N–H and O–H groups in total. The fourth-order valence-corrected chi connectivity index (χ4v) is 2.28. The number of carbonyl (C=O) groups is 1. The Morgan fingerprint density at radius 2 is 1.78 bits per heavy atom. The molecule has 0 aliphatic carbocycles. The Bertz CT molecular complexity index is 620. The molecular weight excluding hydrogens is 286 g/mol. The number of aryl methyl sites for hydroxylation is 1. The first-order valence-corrected chi connectivity index (χ1v) is 8.21. The van der Waals surface area contributed by atoms with E-state index in [0.29, 0.717) is 5.69 Å². The normalized spacial score (nSPS) is 10.4. The average molecular weight is 311 g/mol. The number of carbonyl (C=O) groups excluding carboxylic acids is 1. The quantitative estimate of drug-likeness (QED) is 0.831. The van der Waals surface area contributed by atoms with Crippen molar-refractivity contribution in [3.8, 4) is 0 Å². The van der Waals surface area contributed by atoms with Gasteiger partial charge in [-0.2, -0.15) is 0 Å². The Labute approximate surface area is 138 Å². The van der Waals surface area contributed by atoms with E-state index in [4.69, 9.17) is 0 Å². The zero-order valence-electron chi connectivity index (χ0n) is 14.2. The van der Waals surface area contributed by atoms with Gasteiger partial charge in [-0.05, 0) is 42.7 Å². The first-order valence-electron chi connectivity index (χ1n) is 8.21. The minimum absolute atomic E-state index is 0.0303. The van der Waals surface area contributed by atoms with Crippen LogP contribution in [0.2, 0.25) is 0 Å². The van der Waals surface area contributed by atoms with Crippen LogP contribution >= 0.6 is 0 Å². The lowest BCUT2D eigenvalue weighted by atomic mass is 10.1. The summed E-state index contributed by atoms with van der Waals surface area (Å²) in [6.45, 7) is 5.02. The van der Waals surface area contributed by atoms with Crippen molar-refractivity contribution in [1.82, 2.24) is 9.88 Å². The highest BCUT2D eigenvalue weighted by atomic mass is 16.2. The molecule has 0 radical (unpaired) electrons. The second kappa shape index (κ2) is 8.32. The van der Waals surface area contributed by atoms with Gasteiger partial charge in [0.2, 0.25) is 0 Å². The molecule has 2 aromatic rings. The van der Waals surface area contributed by atoms with E-state index in [2.05, 4.69) is 48.4 Å². The minimum Gasteiger partial charge on any atom is -0.354 e. The maximum absolute atomic E-state index is 12.2. The van der Waals surface area contributed by atoms with E-state index in [1.807, 2.05) is 13.1 Å². The lowest BCUT2D eigenvalue weighted by Crippen LogP contribution is -2.28. The number of pyridine rings is 1. The Kier molecular flexibility index (Phi) is 6.15. The molecule has 0 fully saturated rings. The molecule has 1 aromatic carbocycles. The number of nitrogens with zero attached hydrogens (tertiary/aromatic N) is 2. The van der Waals surface area contributed by atoms with E-state index in [-0.39, 0.29) is 5.91 Å². The molecule has 0 spiro atoms. The van der Waals surface area contributed by atoms with Gasteiger partial charge in [-0.25, -0.2) is 4.98 Å². The number of rotatable bonds is 7. The van der Waals surface area contributed by atoms with Crippen molar-refractivity contribution in [1.29, 1.82) is 0 Å². The number of anilines is 2. The molecule has 1 heterocycles. The highest BCUT2D eigenvalue weighted by molar-refractivity contribution is 5.92. The monoisotopic (exact) mass is 311 g/mol. The van der Waals surface area contributed by atoms with Gasteiger partial charge >= 0.3 is 0 Å². The van der Waals surface area contributed by atoms with E-state index in [9.17, 15) is 4.79 Å². The summed E-state index contributed by atoms with van der Waals surface area (Å²) in [4.78, 5) is 18.2. The zero-order valence-corrected chi connectivity index (χ0v) is 14.2. The minimum atomic E-state index is -0.0303. The van der Waals surface area contributed by atoms with Crippen LogP contribution in [0.1, 0.15) is 42.7 Å². The van der Waals surface area contributed by atoms with Gasteiger partial charge in [0.05, 0.1) is 11.9 Å². The van der Waals surface area contributed by atoms with E-state index >= 15 is 0 Å². The third-order valence-electron chi connectivity index (χ3n) is 3.83. The van der Waals surface area contributed by atoms with Crippen LogP contribution in [0, 0.1) is 0 Å². The molecule has 4 heteroatoms. The molecule has 0 unspecified atom stereocenters. The van der Waals surface area contributed by atoms with Gasteiger partial charge in [0, 0.05) is 19.3 Å². The first kappa shape index (κ1) is 17.0. The van der Waals surface area contributed by atoms with Crippen molar-refractivity contribution in [2.45, 2.75) is 33.1 Å². The molecule has 0 atom stereocenters. The number of hydrogen-bond acceptors (Lipinski definition) is 3. The number of benzene rings is 1. The number of aromatic nitrogens is 1. The zero-order chi connectivity index (χ0) is 16.7. The van der Waals surface area contributed by atoms with Crippen molar-refractivity contribution in [2.24, 2.45) is 0 Å². The van der Waals surface area contributed by atoms with Gasteiger partial charge in [0.1, 0.15) is 5.69 Å². The molecule has 4 nitrogen and oxygen atoms in total. The fourth-order valence-electron chi connectivity index (χ4n) is 2.28. The van der Waals surface area contributed by atoms with Crippen molar-refractivity contribution in [3.05, 3.63) is 53.9 Å². The maximum Gasteiger partial charge on any atom is 0.272 e. The number of hydrogen-bond donors (Lipinski definition) is 1. The smallest absolute Gasteiger partial charge is 0.272 e. The van der Waals surface area contributed by atoms with Gasteiger partial charge in [-0.1, -0.05) is 32.4 Å². The van der Waals surface area contributed by atoms with Crippen LogP contribution in [0.15, 0.2) is 42.6 Å². The summed E-state index contributed by atoms with van der Waals surface area (Å²) in [5, 5.41) is 3.30. The predicted molar refractivity (Wildman–Crippen MR) is 95.2 cm³/mol. The third kappa shape index (κ3) is 4.81. The molecule has 0 saturated carbocycles. The van der Waals surface area contributed by atoms with Crippen LogP contribution in [0.4, 0.5) is 11.4 Å². The molecule has 1 aromatic heterocycles. The van der Waals surface area contributed by atoms with Crippen LogP contribution in [0.5, 0.6) is 0 Å². The molecule has 0 bridgehead atoms. The molecule has 0 aliphatic heterocycles.